The summed E-state index contributed by atoms with van der Waals surface area (Å²) < 4.78 is 0. The van der Waals surface area contributed by atoms with E-state index in [-0.39, 0.29) is 5.91 Å². The number of thiazole rings is 1. The van der Waals surface area contributed by atoms with Gasteiger partial charge in [0.15, 0.2) is 0 Å². The van der Waals surface area contributed by atoms with Crippen LogP contribution in [0.3, 0.4) is 0 Å². The summed E-state index contributed by atoms with van der Waals surface area (Å²) in [5.74, 6) is -0.00385. The van der Waals surface area contributed by atoms with Gasteiger partial charge < -0.3 is 5.32 Å². The first kappa shape index (κ1) is 14.9. The monoisotopic (exact) mass is 329 g/mol. The average Bonchev–Trinajstić information content (AvgIpc) is 3.15. The van der Waals surface area contributed by atoms with E-state index in [2.05, 4.69) is 28.3 Å². The van der Waals surface area contributed by atoms with Crippen molar-refractivity contribution >= 4 is 28.6 Å². The van der Waals surface area contributed by atoms with Crippen molar-refractivity contribution < 1.29 is 4.79 Å². The number of carbonyl (C=O) groups excluding carboxylic acids is 1. The summed E-state index contributed by atoms with van der Waals surface area (Å²) in [5, 5.41) is 7.81. The van der Waals surface area contributed by atoms with Crippen LogP contribution in [-0.4, -0.2) is 15.9 Å². The van der Waals surface area contributed by atoms with Gasteiger partial charge in [-0.1, -0.05) is 0 Å². The molecule has 112 valence electrons. The first-order valence-corrected chi connectivity index (χ1v) is 8.63. The topological polar surface area (TPSA) is 54.9 Å². The number of nitrogens with one attached hydrogen (secondary N) is 1. The van der Waals surface area contributed by atoms with E-state index in [1.165, 1.54) is 21.8 Å². The zero-order valence-electron chi connectivity index (χ0n) is 12.1. The molecule has 0 fully saturated rings. The predicted molar refractivity (Wildman–Crippen MR) is 90.0 cm³/mol. The minimum absolute atomic E-state index is 0.00385. The molecule has 0 aliphatic heterocycles. The largest absolute Gasteiger partial charge is 0.351 e. The number of rotatable bonds is 5. The Bertz CT molecular complexity index is 765. The van der Waals surface area contributed by atoms with Crippen LogP contribution in [0.5, 0.6) is 0 Å². The molecule has 1 amide bonds. The van der Waals surface area contributed by atoms with E-state index >= 15 is 0 Å². The van der Waals surface area contributed by atoms with Crippen molar-refractivity contribution in [2.24, 2.45) is 0 Å². The number of hydrogen-bond donors (Lipinski definition) is 1. The van der Waals surface area contributed by atoms with Gasteiger partial charge in [-0.15, -0.1) is 22.7 Å². The molecule has 0 aromatic carbocycles. The van der Waals surface area contributed by atoms with Crippen LogP contribution in [-0.2, 0) is 17.8 Å². The Morgan fingerprint density at radius 3 is 2.95 bits per heavy atom. The van der Waals surface area contributed by atoms with Gasteiger partial charge in [0.1, 0.15) is 5.01 Å². The van der Waals surface area contributed by atoms with Crippen molar-refractivity contribution in [2.75, 3.05) is 0 Å². The highest BCUT2D eigenvalue weighted by Crippen LogP contribution is 2.22. The Kier molecular flexibility index (Phi) is 4.60. The lowest BCUT2D eigenvalue weighted by Gasteiger charge is -2.03. The average molecular weight is 329 g/mol. The molecule has 0 saturated carbocycles. The second kappa shape index (κ2) is 6.81. The zero-order valence-corrected chi connectivity index (χ0v) is 13.7. The van der Waals surface area contributed by atoms with Gasteiger partial charge in [-0.3, -0.25) is 9.78 Å². The van der Waals surface area contributed by atoms with Crippen molar-refractivity contribution in [3.05, 3.63) is 57.5 Å². The highest BCUT2D eigenvalue weighted by Gasteiger charge is 2.09. The van der Waals surface area contributed by atoms with E-state index in [4.69, 9.17) is 0 Å². The third-order valence-electron chi connectivity index (χ3n) is 3.22. The lowest BCUT2D eigenvalue weighted by atomic mass is 10.2. The molecule has 0 aliphatic rings. The minimum Gasteiger partial charge on any atom is -0.351 e. The lowest BCUT2D eigenvalue weighted by molar-refractivity contribution is -0.120. The van der Waals surface area contributed by atoms with Crippen molar-refractivity contribution in [2.45, 2.75) is 19.9 Å². The first-order chi connectivity index (χ1) is 10.7. The van der Waals surface area contributed by atoms with E-state index in [0.29, 0.717) is 13.0 Å². The molecule has 0 aliphatic carbocycles. The molecule has 0 unspecified atom stereocenters. The molecule has 3 aromatic rings. The van der Waals surface area contributed by atoms with E-state index < -0.39 is 0 Å². The molecular formula is C16H15N3OS2. The third kappa shape index (κ3) is 3.58. The molecule has 6 heteroatoms. The standard InChI is InChI=1S/C16H15N3OS2/c1-11-4-6-21-14(11)9-18-15(20)7-13-10-22-16(19-13)12-3-2-5-17-8-12/h2-6,8,10H,7,9H2,1H3,(H,18,20). The van der Waals surface area contributed by atoms with Gasteiger partial charge >= 0.3 is 0 Å². The normalized spacial score (nSPS) is 10.6. The number of amides is 1. The zero-order chi connectivity index (χ0) is 15.4. The number of thiophene rings is 1. The molecule has 22 heavy (non-hydrogen) atoms. The van der Waals surface area contributed by atoms with Crippen molar-refractivity contribution in [1.29, 1.82) is 0 Å². The maximum Gasteiger partial charge on any atom is 0.226 e. The Morgan fingerprint density at radius 2 is 2.23 bits per heavy atom. The van der Waals surface area contributed by atoms with Gasteiger partial charge in [-0.05, 0) is 36.1 Å². The molecule has 0 bridgehead atoms. The van der Waals surface area contributed by atoms with Crippen molar-refractivity contribution in [1.82, 2.24) is 15.3 Å². The van der Waals surface area contributed by atoms with Crippen LogP contribution >= 0.6 is 22.7 Å². The molecule has 3 heterocycles. The van der Waals surface area contributed by atoms with Crippen LogP contribution < -0.4 is 5.32 Å². The Hall–Kier alpha value is -2.05. The van der Waals surface area contributed by atoms with Crippen LogP contribution in [0.4, 0.5) is 0 Å². The predicted octanol–water partition coefficient (Wildman–Crippen LogP) is 3.43. The Balaban J connectivity index is 1.58. The number of nitrogens with zero attached hydrogens (tertiary/aromatic N) is 2. The summed E-state index contributed by atoms with van der Waals surface area (Å²) in [4.78, 5) is 21.8. The van der Waals surface area contributed by atoms with E-state index in [0.717, 1.165) is 16.3 Å². The van der Waals surface area contributed by atoms with Crippen LogP contribution in [0.15, 0.2) is 41.4 Å². The molecule has 3 aromatic heterocycles. The van der Waals surface area contributed by atoms with Crippen molar-refractivity contribution in [3.63, 3.8) is 0 Å². The fraction of sp³-hybridized carbons (Fsp3) is 0.188. The minimum atomic E-state index is -0.00385. The van der Waals surface area contributed by atoms with E-state index in [9.17, 15) is 4.79 Å². The quantitative estimate of drug-likeness (QED) is 0.780. The molecule has 0 atom stereocenters. The van der Waals surface area contributed by atoms with Crippen LogP contribution in [0.1, 0.15) is 16.1 Å². The number of aromatic nitrogens is 2. The van der Waals surface area contributed by atoms with Gasteiger partial charge in [0.25, 0.3) is 0 Å². The van der Waals surface area contributed by atoms with Gasteiger partial charge in [0.05, 0.1) is 18.7 Å². The summed E-state index contributed by atoms with van der Waals surface area (Å²) >= 11 is 3.20. The number of hydrogen-bond acceptors (Lipinski definition) is 5. The fourth-order valence-electron chi connectivity index (χ4n) is 2.00. The van der Waals surface area contributed by atoms with Gasteiger partial charge in [-0.2, -0.15) is 0 Å². The second-order valence-corrected chi connectivity index (χ2v) is 6.72. The van der Waals surface area contributed by atoms with Gasteiger partial charge in [0.2, 0.25) is 5.91 Å². The molecule has 4 nitrogen and oxygen atoms in total. The Morgan fingerprint density at radius 1 is 1.32 bits per heavy atom. The van der Waals surface area contributed by atoms with Crippen LogP contribution in [0.25, 0.3) is 10.6 Å². The number of pyridine rings is 1. The summed E-state index contributed by atoms with van der Waals surface area (Å²) in [7, 11) is 0. The van der Waals surface area contributed by atoms with Crippen LogP contribution in [0, 0.1) is 6.92 Å². The molecular weight excluding hydrogens is 314 g/mol. The maximum absolute atomic E-state index is 12.0. The summed E-state index contributed by atoms with van der Waals surface area (Å²) in [6.45, 7) is 2.64. The highest BCUT2D eigenvalue weighted by atomic mass is 32.1. The molecule has 0 radical (unpaired) electrons. The summed E-state index contributed by atoms with van der Waals surface area (Å²) in [5.41, 5.74) is 3.00. The van der Waals surface area contributed by atoms with Crippen molar-refractivity contribution in [3.8, 4) is 10.6 Å². The van der Waals surface area contributed by atoms with E-state index in [1.807, 2.05) is 22.9 Å². The molecule has 0 spiro atoms. The first-order valence-electron chi connectivity index (χ1n) is 6.87. The van der Waals surface area contributed by atoms with Gasteiger partial charge in [0, 0.05) is 28.2 Å². The summed E-state index contributed by atoms with van der Waals surface area (Å²) in [6.07, 6.45) is 3.82. The Labute approximate surface area is 136 Å². The van der Waals surface area contributed by atoms with E-state index in [1.54, 1.807) is 23.7 Å². The van der Waals surface area contributed by atoms with Crippen LogP contribution in [0.2, 0.25) is 0 Å². The lowest BCUT2D eigenvalue weighted by Crippen LogP contribution is -2.24. The smallest absolute Gasteiger partial charge is 0.226 e. The fourth-order valence-corrected chi connectivity index (χ4v) is 3.66. The summed E-state index contributed by atoms with van der Waals surface area (Å²) in [6, 6.07) is 5.91. The molecule has 3 rings (SSSR count). The maximum atomic E-state index is 12.0. The third-order valence-corrected chi connectivity index (χ3v) is 5.18. The highest BCUT2D eigenvalue weighted by molar-refractivity contribution is 7.13. The number of aryl methyl sites for hydroxylation is 1. The SMILES string of the molecule is Cc1ccsc1CNC(=O)Cc1csc(-c2cccnc2)n1. The number of carbonyl (C=O) groups is 1. The second-order valence-electron chi connectivity index (χ2n) is 4.87. The van der Waals surface area contributed by atoms with Gasteiger partial charge in [-0.25, -0.2) is 4.98 Å². The molecule has 0 saturated heterocycles. The molecule has 1 N–H and O–H groups in total.